The summed E-state index contributed by atoms with van der Waals surface area (Å²) in [4.78, 5) is 11.8. The molecule has 3 aromatic rings. The van der Waals surface area contributed by atoms with Crippen molar-refractivity contribution >= 4 is 17.0 Å². The largest absolute Gasteiger partial charge is 0.466 e. The van der Waals surface area contributed by atoms with Gasteiger partial charge in [-0.05, 0) is 30.3 Å². The van der Waals surface area contributed by atoms with Gasteiger partial charge in [0.1, 0.15) is 0 Å². The minimum Gasteiger partial charge on any atom is -0.466 e. The van der Waals surface area contributed by atoms with Crippen LogP contribution in [-0.4, -0.2) is 17.6 Å². The summed E-state index contributed by atoms with van der Waals surface area (Å²) in [7, 11) is 3.33. The molecule has 0 aliphatic carbocycles. The summed E-state index contributed by atoms with van der Waals surface area (Å²) >= 11 is 0. The van der Waals surface area contributed by atoms with Crippen molar-refractivity contribution in [3.05, 3.63) is 54.1 Å². The smallest absolute Gasteiger partial charge is 0.348 e. The zero-order valence-corrected chi connectivity index (χ0v) is 13.0. The van der Waals surface area contributed by atoms with Crippen molar-refractivity contribution in [2.75, 3.05) is 7.11 Å². The molecule has 0 saturated carbocycles. The monoisotopic (exact) mass is 306 g/mol. The maximum atomic E-state index is 11.8. The van der Waals surface area contributed by atoms with Gasteiger partial charge in [-0.3, -0.25) is 0 Å². The van der Waals surface area contributed by atoms with Crippen LogP contribution in [0.1, 0.15) is 5.56 Å². The molecular weight excluding hydrogens is 290 g/mol. The molecule has 2 aromatic carbocycles. The van der Waals surface area contributed by atoms with E-state index in [9.17, 15) is 4.79 Å². The van der Waals surface area contributed by atoms with E-state index in [1.54, 1.807) is 6.07 Å². The molecule has 0 N–H and O–H groups in total. The van der Waals surface area contributed by atoms with Crippen LogP contribution in [0.3, 0.4) is 0 Å². The van der Waals surface area contributed by atoms with Gasteiger partial charge in [-0.2, -0.15) is 5.26 Å². The quantitative estimate of drug-likeness (QED) is 0.550. The second-order valence-electron chi connectivity index (χ2n) is 5.23. The molecule has 0 saturated heterocycles. The Kier molecular flexibility index (Phi) is 3.82. The molecule has 0 amide bonds. The van der Waals surface area contributed by atoms with Gasteiger partial charge in [0, 0.05) is 0 Å². The molecule has 0 unspecified atom stereocenters. The third-order valence-electron chi connectivity index (χ3n) is 3.87. The highest BCUT2D eigenvalue weighted by molar-refractivity contribution is 5.79. The van der Waals surface area contributed by atoms with Gasteiger partial charge in [0.05, 0.1) is 31.4 Å². The van der Waals surface area contributed by atoms with E-state index in [0.29, 0.717) is 5.56 Å². The van der Waals surface area contributed by atoms with Crippen molar-refractivity contribution in [3.8, 4) is 17.5 Å². The van der Waals surface area contributed by atoms with Crippen molar-refractivity contribution in [2.45, 2.75) is 6.54 Å². The Morgan fingerprint density at radius 3 is 2.78 bits per heavy atom. The van der Waals surface area contributed by atoms with E-state index in [1.807, 2.05) is 58.6 Å². The number of nitrogens with zero attached hydrogens (tertiary/aromatic N) is 3. The van der Waals surface area contributed by atoms with Crippen LogP contribution in [0.25, 0.3) is 22.4 Å². The van der Waals surface area contributed by atoms with Gasteiger partial charge in [0.25, 0.3) is 5.82 Å². The fourth-order valence-electron chi connectivity index (χ4n) is 2.82. The number of rotatable bonds is 3. The fraction of sp³-hybridized carbons (Fsp3) is 0.167. The number of aromatic nitrogens is 2. The number of methoxy groups -OCH3 is 1. The summed E-state index contributed by atoms with van der Waals surface area (Å²) in [5.41, 5.74) is 3.41. The molecule has 1 heterocycles. The molecule has 0 atom stereocenters. The number of imidazole rings is 1. The van der Waals surface area contributed by atoms with E-state index in [0.717, 1.165) is 22.4 Å². The van der Waals surface area contributed by atoms with Gasteiger partial charge < -0.3 is 4.74 Å². The van der Waals surface area contributed by atoms with Crippen LogP contribution in [0.2, 0.25) is 0 Å². The first kappa shape index (κ1) is 14.8. The molecule has 3 rings (SSSR count). The Morgan fingerprint density at radius 1 is 1.26 bits per heavy atom. The molecule has 5 heteroatoms. The lowest BCUT2D eigenvalue weighted by Crippen LogP contribution is -2.30. The molecule has 0 fully saturated rings. The second kappa shape index (κ2) is 5.93. The minimum absolute atomic E-state index is 0.115. The van der Waals surface area contributed by atoms with E-state index in [4.69, 9.17) is 10.00 Å². The third-order valence-corrected chi connectivity index (χ3v) is 3.87. The molecule has 0 aliphatic rings. The van der Waals surface area contributed by atoms with Crippen LogP contribution in [-0.2, 0) is 23.1 Å². The highest BCUT2D eigenvalue weighted by Gasteiger charge is 2.26. The number of carbonyl (C=O) groups excluding carboxylic acids is 1. The van der Waals surface area contributed by atoms with E-state index < -0.39 is 0 Å². The number of nitriles is 1. The van der Waals surface area contributed by atoms with Crippen molar-refractivity contribution in [2.24, 2.45) is 7.05 Å². The lowest BCUT2D eigenvalue weighted by atomic mass is 10.1. The van der Waals surface area contributed by atoms with E-state index >= 15 is 0 Å². The number of fused-ring (bicyclic) bond motifs is 1. The van der Waals surface area contributed by atoms with Crippen LogP contribution >= 0.6 is 0 Å². The number of para-hydroxylation sites is 2. The standard InChI is InChI=1S/C18H16N3O2/c1-20-15-8-3-4-9-16(15)21(12-17(22)23-2)18(20)14-7-5-6-13(10-14)11-19/h3-10H,12H2,1-2H3/q+1. The van der Waals surface area contributed by atoms with Crippen molar-refractivity contribution in [3.63, 3.8) is 0 Å². The Morgan fingerprint density at radius 2 is 2.04 bits per heavy atom. The van der Waals surface area contributed by atoms with Crippen molar-refractivity contribution in [1.82, 2.24) is 4.57 Å². The molecule has 0 spiro atoms. The van der Waals surface area contributed by atoms with Gasteiger partial charge in [0.15, 0.2) is 17.6 Å². The Labute approximate surface area is 134 Å². The average molecular weight is 306 g/mol. The lowest BCUT2D eigenvalue weighted by Gasteiger charge is -2.03. The van der Waals surface area contributed by atoms with Crippen molar-refractivity contribution in [1.29, 1.82) is 5.26 Å². The molecule has 1 aromatic heterocycles. The first-order chi connectivity index (χ1) is 11.2. The zero-order valence-electron chi connectivity index (χ0n) is 13.0. The van der Waals surface area contributed by atoms with Crippen LogP contribution < -0.4 is 4.57 Å². The van der Waals surface area contributed by atoms with Crippen LogP contribution in [0, 0.1) is 11.3 Å². The number of esters is 1. The highest BCUT2D eigenvalue weighted by Crippen LogP contribution is 2.23. The van der Waals surface area contributed by atoms with E-state index in [2.05, 4.69) is 6.07 Å². The maximum absolute atomic E-state index is 11.8. The predicted molar refractivity (Wildman–Crippen MR) is 85.3 cm³/mol. The fourth-order valence-corrected chi connectivity index (χ4v) is 2.82. The molecular formula is C18H16N3O2+. The van der Waals surface area contributed by atoms with Crippen LogP contribution in [0.15, 0.2) is 48.5 Å². The first-order valence-electron chi connectivity index (χ1n) is 7.20. The molecule has 0 radical (unpaired) electrons. The molecule has 5 nitrogen and oxygen atoms in total. The SMILES string of the molecule is COC(=O)Cn1c(-c2cccc(C#N)c2)[n+](C)c2ccccc21. The molecule has 23 heavy (non-hydrogen) atoms. The number of carbonyl (C=O) groups is 1. The number of hydrogen-bond acceptors (Lipinski definition) is 3. The van der Waals surface area contributed by atoms with Gasteiger partial charge in [0.2, 0.25) is 0 Å². The Bertz CT molecular complexity index is 935. The Hall–Kier alpha value is -3.13. The van der Waals surface area contributed by atoms with Crippen LogP contribution in [0.5, 0.6) is 0 Å². The second-order valence-corrected chi connectivity index (χ2v) is 5.23. The molecule has 0 bridgehead atoms. The summed E-state index contributed by atoms with van der Waals surface area (Å²) in [6, 6.07) is 17.4. The van der Waals surface area contributed by atoms with Gasteiger partial charge in [-0.15, -0.1) is 0 Å². The predicted octanol–water partition coefficient (Wildman–Crippen LogP) is 2.18. The summed E-state index contributed by atoms with van der Waals surface area (Å²) in [5, 5.41) is 9.13. The summed E-state index contributed by atoms with van der Waals surface area (Å²) < 4.78 is 8.76. The third kappa shape index (κ3) is 2.55. The topological polar surface area (TPSA) is 58.9 Å². The summed E-state index contributed by atoms with van der Waals surface area (Å²) in [6.45, 7) is 0.115. The lowest BCUT2D eigenvalue weighted by molar-refractivity contribution is -0.634. The molecule has 114 valence electrons. The van der Waals surface area contributed by atoms with Gasteiger partial charge >= 0.3 is 5.97 Å². The maximum Gasteiger partial charge on any atom is 0.348 e. The van der Waals surface area contributed by atoms with Gasteiger partial charge in [-0.25, -0.2) is 13.9 Å². The number of hydrogen-bond donors (Lipinski definition) is 0. The summed E-state index contributed by atoms with van der Waals surface area (Å²) in [6.07, 6.45) is 0. The number of aryl methyl sites for hydroxylation is 1. The number of ether oxygens (including phenoxy) is 1. The molecule has 0 aliphatic heterocycles. The van der Waals surface area contributed by atoms with Gasteiger partial charge in [-0.1, -0.05) is 18.2 Å². The highest BCUT2D eigenvalue weighted by atomic mass is 16.5. The van der Waals surface area contributed by atoms with E-state index in [-0.39, 0.29) is 12.5 Å². The minimum atomic E-state index is -0.316. The van der Waals surface area contributed by atoms with Crippen molar-refractivity contribution < 1.29 is 14.1 Å². The summed E-state index contributed by atoms with van der Waals surface area (Å²) in [5.74, 6) is 0.540. The Balaban J connectivity index is 2.30. The average Bonchev–Trinajstić information content (AvgIpc) is 2.87. The van der Waals surface area contributed by atoms with E-state index in [1.165, 1.54) is 7.11 Å². The van der Waals surface area contributed by atoms with Crippen LogP contribution in [0.4, 0.5) is 0 Å². The zero-order chi connectivity index (χ0) is 16.4. The number of benzene rings is 2. The first-order valence-corrected chi connectivity index (χ1v) is 7.20. The normalized spacial score (nSPS) is 10.5.